The van der Waals surface area contributed by atoms with Gasteiger partial charge in [-0.05, 0) is 104 Å². The van der Waals surface area contributed by atoms with Crippen LogP contribution in [-0.2, 0) is 0 Å². The third kappa shape index (κ3) is 4.57. The van der Waals surface area contributed by atoms with Crippen LogP contribution in [0.3, 0.4) is 0 Å². The molecule has 10 aromatic rings. The zero-order chi connectivity index (χ0) is 33.0. The predicted octanol–water partition coefficient (Wildman–Crippen LogP) is 13.3. The van der Waals surface area contributed by atoms with E-state index in [4.69, 9.17) is 0 Å². The molecule has 1 heterocycles. The fourth-order valence-electron chi connectivity index (χ4n) is 7.82. The molecule has 0 atom stereocenters. The van der Waals surface area contributed by atoms with Gasteiger partial charge in [0.1, 0.15) is 0 Å². The molecule has 50 heavy (non-hydrogen) atoms. The van der Waals surface area contributed by atoms with Crippen molar-refractivity contribution in [3.05, 3.63) is 194 Å². The van der Waals surface area contributed by atoms with E-state index in [0.29, 0.717) is 0 Å². The first-order valence-corrected chi connectivity index (χ1v) is 17.2. The molecule has 0 bridgehead atoms. The van der Waals surface area contributed by atoms with Gasteiger partial charge in [0, 0.05) is 33.5 Å². The molecule has 0 N–H and O–H groups in total. The van der Waals surface area contributed by atoms with E-state index in [1.807, 2.05) is 0 Å². The highest BCUT2D eigenvalue weighted by molar-refractivity contribution is 6.24. The molecule has 234 valence electrons. The second-order valence-corrected chi connectivity index (χ2v) is 13.0. The molecule has 0 aliphatic rings. The number of anilines is 3. The number of aromatic nitrogens is 1. The molecule has 0 radical (unpaired) electrons. The van der Waals surface area contributed by atoms with Gasteiger partial charge in [-0.15, -0.1) is 0 Å². The van der Waals surface area contributed by atoms with E-state index in [-0.39, 0.29) is 0 Å². The average molecular weight is 637 g/mol. The highest BCUT2D eigenvalue weighted by Gasteiger charge is 2.17. The summed E-state index contributed by atoms with van der Waals surface area (Å²) < 4.78 is 2.42. The summed E-state index contributed by atoms with van der Waals surface area (Å²) in [7, 11) is 0. The summed E-state index contributed by atoms with van der Waals surface area (Å²) in [5, 5.41) is 7.75. The molecule has 0 unspecified atom stereocenters. The van der Waals surface area contributed by atoms with Crippen molar-refractivity contribution >= 4 is 60.4 Å². The van der Waals surface area contributed by atoms with Crippen molar-refractivity contribution in [2.45, 2.75) is 0 Å². The Hall–Kier alpha value is -6.64. The lowest BCUT2D eigenvalue weighted by Crippen LogP contribution is -2.09. The van der Waals surface area contributed by atoms with Crippen LogP contribution in [-0.4, -0.2) is 4.57 Å². The lowest BCUT2D eigenvalue weighted by molar-refractivity contribution is 1.18. The number of fused-ring (bicyclic) bond motifs is 1. The van der Waals surface area contributed by atoms with Gasteiger partial charge in [0.25, 0.3) is 0 Å². The number of benzene rings is 9. The average Bonchev–Trinajstić information content (AvgIpc) is 3.54. The van der Waals surface area contributed by atoms with E-state index in [1.165, 1.54) is 71.3 Å². The van der Waals surface area contributed by atoms with Crippen LogP contribution in [0.4, 0.5) is 17.1 Å². The predicted molar refractivity (Wildman–Crippen MR) is 213 cm³/mol. The van der Waals surface area contributed by atoms with Gasteiger partial charge in [-0.3, -0.25) is 0 Å². The fourth-order valence-corrected chi connectivity index (χ4v) is 7.82. The molecule has 9 aromatic carbocycles. The summed E-state index contributed by atoms with van der Waals surface area (Å²) >= 11 is 0. The van der Waals surface area contributed by atoms with Crippen LogP contribution in [0.5, 0.6) is 0 Å². The highest BCUT2D eigenvalue weighted by atomic mass is 15.1. The van der Waals surface area contributed by atoms with Crippen molar-refractivity contribution in [1.82, 2.24) is 4.57 Å². The minimum absolute atomic E-state index is 1.11. The Morgan fingerprint density at radius 3 is 1.58 bits per heavy atom. The molecule has 0 aliphatic heterocycles. The Morgan fingerprint density at radius 1 is 0.340 bits per heavy atom. The van der Waals surface area contributed by atoms with Gasteiger partial charge < -0.3 is 9.47 Å². The van der Waals surface area contributed by atoms with Gasteiger partial charge in [0.15, 0.2) is 0 Å². The molecule has 0 saturated heterocycles. The highest BCUT2D eigenvalue weighted by Crippen LogP contribution is 2.40. The van der Waals surface area contributed by atoms with E-state index < -0.39 is 0 Å². The van der Waals surface area contributed by atoms with Gasteiger partial charge >= 0.3 is 0 Å². The van der Waals surface area contributed by atoms with Crippen LogP contribution in [0.15, 0.2) is 194 Å². The van der Waals surface area contributed by atoms with E-state index in [0.717, 1.165) is 17.1 Å². The van der Waals surface area contributed by atoms with E-state index >= 15 is 0 Å². The zero-order valence-electron chi connectivity index (χ0n) is 27.4. The SMILES string of the molecule is c1ccc(N(c2ccc(-c3cccc(-n4c5cccc6ccc7cccc4c7c65)c3)cc2)c2ccc(-c3cccc4ccccc34)cc2)cc1. The largest absolute Gasteiger partial charge is 0.311 e. The van der Waals surface area contributed by atoms with Crippen molar-refractivity contribution in [1.29, 1.82) is 0 Å². The number of rotatable bonds is 6. The van der Waals surface area contributed by atoms with Crippen LogP contribution < -0.4 is 4.90 Å². The molecule has 1 aromatic heterocycles. The smallest absolute Gasteiger partial charge is 0.0547 e. The third-order valence-electron chi connectivity index (χ3n) is 10.1. The molecule has 2 heteroatoms. The Kier molecular flexibility index (Phi) is 6.53. The Bertz CT molecular complexity index is 2720. The summed E-state index contributed by atoms with van der Waals surface area (Å²) in [6.07, 6.45) is 0. The number of nitrogens with zero attached hydrogens (tertiary/aromatic N) is 2. The van der Waals surface area contributed by atoms with Crippen molar-refractivity contribution in [3.8, 4) is 27.9 Å². The van der Waals surface area contributed by atoms with Gasteiger partial charge in [-0.25, -0.2) is 0 Å². The number of hydrogen-bond donors (Lipinski definition) is 0. The Labute approximate surface area is 291 Å². The minimum Gasteiger partial charge on any atom is -0.311 e. The van der Waals surface area contributed by atoms with Crippen molar-refractivity contribution < 1.29 is 0 Å². The molecule has 2 nitrogen and oxygen atoms in total. The van der Waals surface area contributed by atoms with Gasteiger partial charge in [-0.2, -0.15) is 0 Å². The summed E-state index contributed by atoms with van der Waals surface area (Å²) in [6.45, 7) is 0. The third-order valence-corrected chi connectivity index (χ3v) is 10.1. The van der Waals surface area contributed by atoms with Crippen molar-refractivity contribution in [2.75, 3.05) is 4.90 Å². The Morgan fingerprint density at radius 2 is 0.880 bits per heavy atom. The normalized spacial score (nSPS) is 11.6. The lowest BCUT2D eigenvalue weighted by atomic mass is 9.98. The van der Waals surface area contributed by atoms with Crippen molar-refractivity contribution in [2.24, 2.45) is 0 Å². The summed E-state index contributed by atoms with van der Waals surface area (Å²) in [6, 6.07) is 70.3. The molecular weight excluding hydrogens is 605 g/mol. The van der Waals surface area contributed by atoms with E-state index in [1.54, 1.807) is 0 Å². The van der Waals surface area contributed by atoms with E-state index in [9.17, 15) is 0 Å². The second-order valence-electron chi connectivity index (χ2n) is 13.0. The lowest BCUT2D eigenvalue weighted by Gasteiger charge is -2.26. The maximum Gasteiger partial charge on any atom is 0.0547 e. The topological polar surface area (TPSA) is 8.17 Å². The van der Waals surface area contributed by atoms with Crippen LogP contribution in [0.2, 0.25) is 0 Å². The fraction of sp³-hybridized carbons (Fsp3) is 0. The number of para-hydroxylation sites is 1. The van der Waals surface area contributed by atoms with Crippen molar-refractivity contribution in [3.63, 3.8) is 0 Å². The summed E-state index contributed by atoms with van der Waals surface area (Å²) in [5.74, 6) is 0. The first-order valence-electron chi connectivity index (χ1n) is 17.2. The van der Waals surface area contributed by atoms with Crippen LogP contribution in [0, 0.1) is 0 Å². The molecule has 0 saturated carbocycles. The van der Waals surface area contributed by atoms with Crippen LogP contribution in [0.1, 0.15) is 0 Å². The summed E-state index contributed by atoms with van der Waals surface area (Å²) in [5.41, 5.74) is 11.8. The van der Waals surface area contributed by atoms with Gasteiger partial charge in [0.05, 0.1) is 11.0 Å². The molecule has 10 rings (SSSR count). The Balaban J connectivity index is 1.02. The monoisotopic (exact) mass is 636 g/mol. The maximum absolute atomic E-state index is 2.42. The molecule has 0 amide bonds. The molecule has 0 fully saturated rings. The molecule has 0 aliphatic carbocycles. The zero-order valence-corrected chi connectivity index (χ0v) is 27.4. The van der Waals surface area contributed by atoms with Crippen LogP contribution >= 0.6 is 0 Å². The first-order chi connectivity index (χ1) is 24.8. The molecular formula is C48H32N2. The second kappa shape index (κ2) is 11.5. The standard InChI is InChI=1S/C48H32N2/c1-2-15-39(16-3-1)49(41-30-26-35(27-31-41)44-19-7-11-34-10-4-5-18-43(34)44)40-28-24-33(25-29-40)38-14-6-17-42(32-38)50-45-20-8-12-36-22-23-37-13-9-21-46(50)48(37)47(36)45/h1-32H. The van der Waals surface area contributed by atoms with Crippen LogP contribution in [0.25, 0.3) is 71.3 Å². The van der Waals surface area contributed by atoms with Gasteiger partial charge in [-0.1, -0.05) is 133 Å². The quantitative estimate of drug-likeness (QED) is 0.165. The first kappa shape index (κ1) is 28.4. The maximum atomic E-state index is 2.42. The summed E-state index contributed by atoms with van der Waals surface area (Å²) in [4.78, 5) is 2.33. The molecule has 0 spiro atoms. The van der Waals surface area contributed by atoms with Gasteiger partial charge in [0.2, 0.25) is 0 Å². The van der Waals surface area contributed by atoms with E-state index in [2.05, 4.69) is 204 Å². The number of hydrogen-bond acceptors (Lipinski definition) is 1. The minimum atomic E-state index is 1.11.